The van der Waals surface area contributed by atoms with E-state index in [1.165, 1.54) is 6.07 Å². The van der Waals surface area contributed by atoms with Crippen molar-refractivity contribution >= 4 is 5.91 Å². The molecule has 94 valence electrons. The van der Waals surface area contributed by atoms with Crippen LogP contribution in [-0.2, 0) is 0 Å². The molecule has 0 aromatic heterocycles. The summed E-state index contributed by atoms with van der Waals surface area (Å²) in [5.74, 6) is -6.03. The molecule has 0 saturated carbocycles. The molecule has 0 fully saturated rings. The van der Waals surface area contributed by atoms with E-state index in [4.69, 9.17) is 5.73 Å². The van der Waals surface area contributed by atoms with Gasteiger partial charge in [0.25, 0.3) is 0 Å². The van der Waals surface area contributed by atoms with Crippen LogP contribution in [0.2, 0.25) is 0 Å². The van der Waals surface area contributed by atoms with Gasteiger partial charge in [-0.2, -0.15) is 8.78 Å². The number of carbonyl (C=O) groups excluding carboxylic acids is 1. The normalized spacial score (nSPS) is 13.8. The zero-order chi connectivity index (χ0) is 13.2. The zero-order valence-electron chi connectivity index (χ0n) is 8.34. The van der Waals surface area contributed by atoms with Crippen molar-refractivity contribution in [2.45, 2.75) is 18.5 Å². The van der Waals surface area contributed by atoms with E-state index in [1.807, 2.05) is 0 Å². The second-order valence-electron chi connectivity index (χ2n) is 3.29. The largest absolute Gasteiger partial charge is 0.366 e. The highest BCUT2D eigenvalue weighted by molar-refractivity contribution is 5.94. The second-order valence-corrected chi connectivity index (χ2v) is 3.29. The lowest BCUT2D eigenvalue weighted by atomic mass is 9.99. The standard InChI is InChI=1S/C10H8F5NO/c11-7(10(14,15)9(12)13)5-3-1-2-4-6(5)8(16)17/h1-4,7,9H,(H2,16,17). The first-order chi connectivity index (χ1) is 7.78. The third-order valence-corrected chi connectivity index (χ3v) is 2.13. The number of primary amides is 1. The quantitative estimate of drug-likeness (QED) is 0.823. The van der Waals surface area contributed by atoms with Crippen LogP contribution in [0.5, 0.6) is 0 Å². The summed E-state index contributed by atoms with van der Waals surface area (Å²) in [5.41, 5.74) is 3.45. The maximum atomic E-state index is 13.3. The van der Waals surface area contributed by atoms with Crippen LogP contribution in [0.1, 0.15) is 22.1 Å². The number of hydrogen-bond donors (Lipinski definition) is 1. The maximum absolute atomic E-state index is 13.3. The van der Waals surface area contributed by atoms with Crippen LogP contribution >= 0.6 is 0 Å². The van der Waals surface area contributed by atoms with Crippen LogP contribution < -0.4 is 5.73 Å². The summed E-state index contributed by atoms with van der Waals surface area (Å²) in [5, 5.41) is 0. The first kappa shape index (κ1) is 13.4. The van der Waals surface area contributed by atoms with Crippen molar-refractivity contribution in [3.05, 3.63) is 35.4 Å². The number of alkyl halides is 5. The highest BCUT2D eigenvalue weighted by Gasteiger charge is 2.51. The Labute approximate surface area is 93.2 Å². The second kappa shape index (κ2) is 4.68. The molecule has 1 aromatic carbocycles. The molecule has 1 rings (SSSR count). The van der Waals surface area contributed by atoms with Crippen molar-refractivity contribution < 1.29 is 26.7 Å². The number of halogens is 5. The summed E-state index contributed by atoms with van der Waals surface area (Å²) >= 11 is 0. The number of amides is 1. The van der Waals surface area contributed by atoms with Gasteiger partial charge in [0, 0.05) is 11.1 Å². The highest BCUT2D eigenvalue weighted by atomic mass is 19.3. The third-order valence-electron chi connectivity index (χ3n) is 2.13. The Balaban J connectivity index is 3.21. The molecule has 1 atom stereocenters. The minimum atomic E-state index is -4.87. The lowest BCUT2D eigenvalue weighted by Crippen LogP contribution is -2.33. The molecular formula is C10H8F5NO. The molecule has 0 radical (unpaired) electrons. The van der Waals surface area contributed by atoms with Gasteiger partial charge in [-0.05, 0) is 6.07 Å². The highest BCUT2D eigenvalue weighted by Crippen LogP contribution is 2.40. The SMILES string of the molecule is NC(=O)c1ccccc1C(F)C(F)(F)C(F)F. The van der Waals surface area contributed by atoms with Crippen LogP contribution in [0.25, 0.3) is 0 Å². The molecule has 1 aromatic rings. The number of rotatable bonds is 4. The molecule has 0 aliphatic carbocycles. The first-order valence-corrected chi connectivity index (χ1v) is 4.47. The molecule has 1 amide bonds. The van der Waals surface area contributed by atoms with Crippen LogP contribution in [0.4, 0.5) is 22.0 Å². The Hall–Kier alpha value is -1.66. The van der Waals surface area contributed by atoms with Gasteiger partial charge in [0.05, 0.1) is 0 Å². The molecule has 2 nitrogen and oxygen atoms in total. The number of nitrogens with two attached hydrogens (primary N) is 1. The average molecular weight is 253 g/mol. The lowest BCUT2D eigenvalue weighted by Gasteiger charge is -2.21. The van der Waals surface area contributed by atoms with Gasteiger partial charge < -0.3 is 5.73 Å². The van der Waals surface area contributed by atoms with Crippen molar-refractivity contribution in [2.24, 2.45) is 5.73 Å². The molecule has 1 unspecified atom stereocenters. The fourth-order valence-corrected chi connectivity index (χ4v) is 1.26. The van der Waals surface area contributed by atoms with Crippen molar-refractivity contribution in [3.63, 3.8) is 0 Å². The molecule has 0 aliphatic rings. The topological polar surface area (TPSA) is 43.1 Å². The van der Waals surface area contributed by atoms with Gasteiger partial charge in [-0.25, -0.2) is 13.2 Å². The van der Waals surface area contributed by atoms with E-state index in [0.717, 1.165) is 18.2 Å². The molecule has 0 aliphatic heterocycles. The smallest absolute Gasteiger partial charge is 0.342 e. The molecular weight excluding hydrogens is 245 g/mol. The Morgan fingerprint density at radius 3 is 2.18 bits per heavy atom. The van der Waals surface area contributed by atoms with Gasteiger partial charge in [0.15, 0.2) is 6.17 Å². The zero-order valence-corrected chi connectivity index (χ0v) is 8.34. The third kappa shape index (κ3) is 2.54. The van der Waals surface area contributed by atoms with Crippen molar-refractivity contribution in [2.75, 3.05) is 0 Å². The molecule has 2 N–H and O–H groups in total. The van der Waals surface area contributed by atoms with E-state index in [9.17, 15) is 26.7 Å². The Morgan fingerprint density at radius 1 is 1.18 bits per heavy atom. The van der Waals surface area contributed by atoms with E-state index in [1.54, 1.807) is 0 Å². The molecule has 0 saturated heterocycles. The van der Waals surface area contributed by atoms with Gasteiger partial charge in [0.1, 0.15) is 0 Å². The minimum Gasteiger partial charge on any atom is -0.366 e. The van der Waals surface area contributed by atoms with Crippen molar-refractivity contribution in [1.29, 1.82) is 0 Å². The fraction of sp³-hybridized carbons (Fsp3) is 0.300. The van der Waals surface area contributed by atoms with Crippen LogP contribution in [0.3, 0.4) is 0 Å². The predicted octanol–water partition coefficient (Wildman–Crippen LogP) is 2.70. The van der Waals surface area contributed by atoms with E-state index in [0.29, 0.717) is 0 Å². The number of hydrogen-bond acceptors (Lipinski definition) is 1. The minimum absolute atomic E-state index is 0.541. The van der Waals surface area contributed by atoms with Gasteiger partial charge in [0.2, 0.25) is 5.91 Å². The Kier molecular flexibility index (Phi) is 3.69. The fourth-order valence-electron chi connectivity index (χ4n) is 1.26. The predicted molar refractivity (Wildman–Crippen MR) is 49.8 cm³/mol. The molecule has 0 bridgehead atoms. The summed E-state index contributed by atoms with van der Waals surface area (Å²) < 4.78 is 62.9. The van der Waals surface area contributed by atoms with Gasteiger partial charge >= 0.3 is 12.3 Å². The summed E-state index contributed by atoms with van der Waals surface area (Å²) in [6.45, 7) is 0. The Bertz CT molecular complexity index is 421. The van der Waals surface area contributed by atoms with Crippen molar-refractivity contribution in [3.8, 4) is 0 Å². The average Bonchev–Trinajstić information content (AvgIpc) is 2.27. The summed E-state index contributed by atoms with van der Waals surface area (Å²) in [4.78, 5) is 10.8. The molecule has 7 heteroatoms. The first-order valence-electron chi connectivity index (χ1n) is 4.47. The van der Waals surface area contributed by atoms with E-state index >= 15 is 0 Å². The van der Waals surface area contributed by atoms with E-state index in [-0.39, 0.29) is 0 Å². The number of carbonyl (C=O) groups is 1. The van der Waals surface area contributed by atoms with Gasteiger partial charge in [-0.3, -0.25) is 4.79 Å². The van der Waals surface area contributed by atoms with Gasteiger partial charge in [-0.15, -0.1) is 0 Å². The van der Waals surface area contributed by atoms with Crippen molar-refractivity contribution in [1.82, 2.24) is 0 Å². The molecule has 0 heterocycles. The summed E-state index contributed by atoms with van der Waals surface area (Å²) in [6.07, 6.45) is -7.45. The number of benzene rings is 1. The molecule has 17 heavy (non-hydrogen) atoms. The lowest BCUT2D eigenvalue weighted by molar-refractivity contribution is -0.172. The summed E-state index contributed by atoms with van der Waals surface area (Å²) in [7, 11) is 0. The van der Waals surface area contributed by atoms with Crippen LogP contribution in [-0.4, -0.2) is 18.3 Å². The Morgan fingerprint density at radius 2 is 1.71 bits per heavy atom. The van der Waals surface area contributed by atoms with E-state index in [2.05, 4.69) is 0 Å². The van der Waals surface area contributed by atoms with Crippen LogP contribution in [0, 0.1) is 0 Å². The maximum Gasteiger partial charge on any atom is 0.342 e. The van der Waals surface area contributed by atoms with E-state index < -0.39 is 35.6 Å². The summed E-state index contributed by atoms with van der Waals surface area (Å²) in [6, 6.07) is 4.22. The van der Waals surface area contributed by atoms with Gasteiger partial charge in [-0.1, -0.05) is 18.2 Å². The monoisotopic (exact) mass is 253 g/mol. The van der Waals surface area contributed by atoms with Crippen LogP contribution in [0.15, 0.2) is 24.3 Å². The molecule has 0 spiro atoms.